The van der Waals surface area contributed by atoms with E-state index in [0.29, 0.717) is 30.1 Å². The predicted octanol–water partition coefficient (Wildman–Crippen LogP) is 1.47. The summed E-state index contributed by atoms with van der Waals surface area (Å²) in [6, 6.07) is 1.66. The Balaban J connectivity index is 2.65. The van der Waals surface area contributed by atoms with Crippen molar-refractivity contribution in [3.63, 3.8) is 0 Å². The molecule has 0 bridgehead atoms. The summed E-state index contributed by atoms with van der Waals surface area (Å²) in [7, 11) is 1.74. The molecule has 0 radical (unpaired) electrons. The molecule has 1 amide bonds. The van der Waals surface area contributed by atoms with E-state index >= 15 is 0 Å². The number of carbonyl (C=O) groups is 1. The number of aryl methyl sites for hydroxylation is 1. The molecule has 0 saturated heterocycles. The summed E-state index contributed by atoms with van der Waals surface area (Å²) in [6.45, 7) is 6.80. The van der Waals surface area contributed by atoms with Crippen molar-refractivity contribution < 1.29 is 9.53 Å². The van der Waals surface area contributed by atoms with Crippen LogP contribution in [0, 0.1) is 6.92 Å². The van der Waals surface area contributed by atoms with Crippen molar-refractivity contribution in [2.75, 3.05) is 25.9 Å². The zero-order valence-corrected chi connectivity index (χ0v) is 11.4. The third-order valence-electron chi connectivity index (χ3n) is 2.56. The minimum atomic E-state index is -0.0837. The maximum absolute atomic E-state index is 12.2. The zero-order chi connectivity index (χ0) is 13.7. The number of anilines is 1. The van der Waals surface area contributed by atoms with Crippen molar-refractivity contribution >= 4 is 11.6 Å². The Hall–Kier alpha value is -1.62. The fourth-order valence-electron chi connectivity index (χ4n) is 1.50. The van der Waals surface area contributed by atoms with Crippen molar-refractivity contribution in [3.8, 4) is 0 Å². The number of hydrogen-bond acceptors (Lipinski definition) is 4. The van der Waals surface area contributed by atoms with Gasteiger partial charge in [-0.05, 0) is 26.8 Å². The van der Waals surface area contributed by atoms with Crippen LogP contribution in [0.15, 0.2) is 12.3 Å². The molecular formula is C13H21N3O2. The van der Waals surface area contributed by atoms with Gasteiger partial charge in [0.05, 0.1) is 35.9 Å². The molecule has 0 fully saturated rings. The topological polar surface area (TPSA) is 68.5 Å². The molecule has 0 atom stereocenters. The molecule has 2 N–H and O–H groups in total. The second kappa shape index (κ2) is 6.35. The molecule has 18 heavy (non-hydrogen) atoms. The second-order valence-corrected chi connectivity index (χ2v) is 4.55. The van der Waals surface area contributed by atoms with E-state index < -0.39 is 0 Å². The van der Waals surface area contributed by atoms with Crippen LogP contribution in [0.1, 0.15) is 29.9 Å². The van der Waals surface area contributed by atoms with Gasteiger partial charge in [0, 0.05) is 13.6 Å². The summed E-state index contributed by atoms with van der Waals surface area (Å²) in [5.41, 5.74) is 7.37. The van der Waals surface area contributed by atoms with E-state index in [1.807, 2.05) is 13.8 Å². The highest BCUT2D eigenvalue weighted by Gasteiger charge is 2.15. The van der Waals surface area contributed by atoms with Crippen LogP contribution in [-0.4, -0.2) is 42.1 Å². The minimum Gasteiger partial charge on any atom is -0.397 e. The first-order chi connectivity index (χ1) is 8.41. The number of amides is 1. The average Bonchev–Trinajstić information content (AvgIpc) is 2.30. The van der Waals surface area contributed by atoms with E-state index in [4.69, 9.17) is 10.5 Å². The van der Waals surface area contributed by atoms with E-state index in [9.17, 15) is 4.79 Å². The molecule has 0 saturated carbocycles. The lowest BCUT2D eigenvalue weighted by Gasteiger charge is -2.19. The molecule has 0 spiro atoms. The quantitative estimate of drug-likeness (QED) is 0.860. The molecule has 0 aliphatic rings. The van der Waals surface area contributed by atoms with Gasteiger partial charge in [0.15, 0.2) is 0 Å². The standard InChI is InChI=1S/C13H21N3O2/c1-9(2)18-6-5-16(4)13(17)12-7-11(14)8-15-10(12)3/h7-9H,5-6,14H2,1-4H3. The van der Waals surface area contributed by atoms with Crippen LogP contribution >= 0.6 is 0 Å². The van der Waals surface area contributed by atoms with Gasteiger partial charge < -0.3 is 15.4 Å². The number of nitrogens with zero attached hydrogens (tertiary/aromatic N) is 2. The summed E-state index contributed by atoms with van der Waals surface area (Å²) in [6.07, 6.45) is 1.72. The highest BCUT2D eigenvalue weighted by molar-refractivity contribution is 5.95. The van der Waals surface area contributed by atoms with Gasteiger partial charge in [-0.3, -0.25) is 9.78 Å². The number of ether oxygens (including phenoxy) is 1. The fourth-order valence-corrected chi connectivity index (χ4v) is 1.50. The monoisotopic (exact) mass is 251 g/mol. The van der Waals surface area contributed by atoms with Crippen LogP contribution in [0.3, 0.4) is 0 Å². The van der Waals surface area contributed by atoms with E-state index in [1.165, 1.54) is 0 Å². The van der Waals surface area contributed by atoms with Crippen molar-refractivity contribution in [2.24, 2.45) is 0 Å². The third-order valence-corrected chi connectivity index (χ3v) is 2.56. The SMILES string of the molecule is Cc1ncc(N)cc1C(=O)N(C)CCOC(C)C. The van der Waals surface area contributed by atoms with Crippen molar-refractivity contribution in [1.29, 1.82) is 0 Å². The lowest BCUT2D eigenvalue weighted by atomic mass is 10.1. The predicted molar refractivity (Wildman–Crippen MR) is 71.4 cm³/mol. The molecule has 0 aromatic carbocycles. The first kappa shape index (κ1) is 14.4. The van der Waals surface area contributed by atoms with E-state index in [1.54, 1.807) is 31.1 Å². The number of aromatic nitrogens is 1. The summed E-state index contributed by atoms with van der Waals surface area (Å²) in [5.74, 6) is -0.0837. The Morgan fingerprint density at radius 2 is 2.22 bits per heavy atom. The molecule has 1 rings (SSSR count). The van der Waals surface area contributed by atoms with Crippen molar-refractivity contribution in [1.82, 2.24) is 9.88 Å². The second-order valence-electron chi connectivity index (χ2n) is 4.55. The highest BCUT2D eigenvalue weighted by Crippen LogP contribution is 2.11. The van der Waals surface area contributed by atoms with Crippen molar-refractivity contribution in [2.45, 2.75) is 26.9 Å². The third kappa shape index (κ3) is 4.00. The number of nitrogens with two attached hydrogens (primary N) is 1. The van der Waals surface area contributed by atoms with E-state index in [-0.39, 0.29) is 12.0 Å². The van der Waals surface area contributed by atoms with Gasteiger partial charge in [0.25, 0.3) is 5.91 Å². The van der Waals surface area contributed by atoms with Gasteiger partial charge >= 0.3 is 0 Å². The molecule has 5 nitrogen and oxygen atoms in total. The molecule has 1 heterocycles. The van der Waals surface area contributed by atoms with Crippen LogP contribution in [-0.2, 0) is 4.74 Å². The fraction of sp³-hybridized carbons (Fsp3) is 0.538. The lowest BCUT2D eigenvalue weighted by molar-refractivity contribution is 0.0531. The normalized spacial score (nSPS) is 10.7. The van der Waals surface area contributed by atoms with Crippen LogP contribution < -0.4 is 5.73 Å². The number of carbonyl (C=O) groups excluding carboxylic acids is 1. The number of pyridine rings is 1. The number of rotatable bonds is 5. The Labute approximate surface area is 108 Å². The highest BCUT2D eigenvalue weighted by atomic mass is 16.5. The lowest BCUT2D eigenvalue weighted by Crippen LogP contribution is -2.31. The van der Waals surface area contributed by atoms with E-state index in [2.05, 4.69) is 4.98 Å². The summed E-state index contributed by atoms with van der Waals surface area (Å²) >= 11 is 0. The Kier molecular flexibility index (Phi) is 5.09. The molecule has 0 aliphatic heterocycles. The largest absolute Gasteiger partial charge is 0.397 e. The molecule has 100 valence electrons. The molecule has 5 heteroatoms. The first-order valence-corrected chi connectivity index (χ1v) is 6.01. The maximum atomic E-state index is 12.2. The van der Waals surface area contributed by atoms with Crippen molar-refractivity contribution in [3.05, 3.63) is 23.5 Å². The van der Waals surface area contributed by atoms with E-state index in [0.717, 1.165) is 0 Å². The summed E-state index contributed by atoms with van der Waals surface area (Å²) in [5, 5.41) is 0. The average molecular weight is 251 g/mol. The van der Waals surface area contributed by atoms with Crippen LogP contribution in [0.5, 0.6) is 0 Å². The van der Waals surface area contributed by atoms with Crippen LogP contribution in [0.2, 0.25) is 0 Å². The van der Waals surface area contributed by atoms with Gasteiger partial charge in [-0.1, -0.05) is 0 Å². The summed E-state index contributed by atoms with van der Waals surface area (Å²) in [4.78, 5) is 17.9. The van der Waals surface area contributed by atoms with Gasteiger partial charge in [-0.15, -0.1) is 0 Å². The molecule has 1 aromatic rings. The Morgan fingerprint density at radius 1 is 1.56 bits per heavy atom. The number of nitrogen functional groups attached to an aromatic ring is 1. The van der Waals surface area contributed by atoms with Gasteiger partial charge in [0.1, 0.15) is 0 Å². The smallest absolute Gasteiger partial charge is 0.255 e. The molecule has 0 unspecified atom stereocenters. The first-order valence-electron chi connectivity index (χ1n) is 6.01. The van der Waals surface area contributed by atoms with Gasteiger partial charge in [-0.25, -0.2) is 0 Å². The van der Waals surface area contributed by atoms with Gasteiger partial charge in [-0.2, -0.15) is 0 Å². The maximum Gasteiger partial charge on any atom is 0.255 e. The molecular weight excluding hydrogens is 230 g/mol. The molecule has 0 aliphatic carbocycles. The molecule has 1 aromatic heterocycles. The number of hydrogen-bond donors (Lipinski definition) is 1. The zero-order valence-electron chi connectivity index (χ0n) is 11.4. The van der Waals surface area contributed by atoms with Crippen LogP contribution in [0.4, 0.5) is 5.69 Å². The van der Waals surface area contributed by atoms with Crippen LogP contribution in [0.25, 0.3) is 0 Å². The number of likely N-dealkylation sites (N-methyl/N-ethyl adjacent to an activating group) is 1. The summed E-state index contributed by atoms with van der Waals surface area (Å²) < 4.78 is 5.42. The van der Waals surface area contributed by atoms with Gasteiger partial charge in [0.2, 0.25) is 0 Å². The Bertz CT molecular complexity index is 419. The Morgan fingerprint density at radius 3 is 2.83 bits per heavy atom. The minimum absolute atomic E-state index is 0.0837.